The van der Waals surface area contributed by atoms with E-state index < -0.39 is 0 Å². The van der Waals surface area contributed by atoms with Gasteiger partial charge in [-0.25, -0.2) is 4.79 Å². The van der Waals surface area contributed by atoms with Crippen molar-refractivity contribution in [3.63, 3.8) is 0 Å². The van der Waals surface area contributed by atoms with Gasteiger partial charge in [-0.15, -0.1) is 0 Å². The molecule has 1 atom stereocenters. The molecule has 1 fully saturated rings. The van der Waals surface area contributed by atoms with E-state index in [9.17, 15) is 4.79 Å². The van der Waals surface area contributed by atoms with Crippen LogP contribution in [0.25, 0.3) is 0 Å². The molecule has 0 saturated carbocycles. The van der Waals surface area contributed by atoms with Gasteiger partial charge < -0.3 is 9.47 Å². The number of cyclic esters (lactones) is 1. The second kappa shape index (κ2) is 7.17. The quantitative estimate of drug-likeness (QED) is 0.814. The zero-order chi connectivity index (χ0) is 18.1. The Bertz CT molecular complexity index is 826. The van der Waals surface area contributed by atoms with Crippen molar-refractivity contribution in [3.8, 4) is 5.75 Å². The number of nitrogens with zero attached hydrogens (tertiary/aromatic N) is 2. The fourth-order valence-corrected chi connectivity index (χ4v) is 3.87. The summed E-state index contributed by atoms with van der Waals surface area (Å²) in [4.78, 5) is 16.4. The van der Waals surface area contributed by atoms with Crippen LogP contribution in [-0.2, 0) is 17.8 Å². The summed E-state index contributed by atoms with van der Waals surface area (Å²) in [5.74, 6) is 0.783. The zero-order valence-electron chi connectivity index (χ0n) is 14.7. The first kappa shape index (κ1) is 17.2. The van der Waals surface area contributed by atoms with E-state index in [4.69, 9.17) is 21.1 Å². The molecule has 2 aromatic carbocycles. The van der Waals surface area contributed by atoms with Crippen molar-refractivity contribution in [1.82, 2.24) is 4.90 Å². The molecule has 0 aromatic heterocycles. The Kier molecular flexibility index (Phi) is 4.74. The number of hydrogen-bond acceptors (Lipinski definition) is 4. The van der Waals surface area contributed by atoms with E-state index in [1.807, 2.05) is 36.4 Å². The number of carbonyl (C=O) groups is 1. The number of fused-ring (bicyclic) bond motifs is 3. The van der Waals surface area contributed by atoms with Crippen LogP contribution in [0.1, 0.15) is 17.5 Å². The molecule has 0 N–H and O–H groups in total. The summed E-state index contributed by atoms with van der Waals surface area (Å²) in [6, 6.07) is 13.8. The molecule has 136 valence electrons. The first-order valence-electron chi connectivity index (χ1n) is 8.74. The Hall–Kier alpha value is -2.24. The van der Waals surface area contributed by atoms with Gasteiger partial charge in [0.15, 0.2) is 0 Å². The van der Waals surface area contributed by atoms with Gasteiger partial charge in [-0.1, -0.05) is 29.8 Å². The van der Waals surface area contributed by atoms with E-state index in [1.54, 1.807) is 12.0 Å². The Morgan fingerprint density at radius 1 is 1.27 bits per heavy atom. The van der Waals surface area contributed by atoms with Crippen molar-refractivity contribution in [3.05, 3.63) is 58.6 Å². The highest BCUT2D eigenvalue weighted by molar-refractivity contribution is 6.31. The van der Waals surface area contributed by atoms with Gasteiger partial charge in [0, 0.05) is 24.7 Å². The monoisotopic (exact) mass is 372 g/mol. The number of benzene rings is 2. The third-order valence-electron chi connectivity index (χ3n) is 5.03. The molecule has 5 nitrogen and oxygen atoms in total. The van der Waals surface area contributed by atoms with Crippen LogP contribution in [0.3, 0.4) is 0 Å². The number of carbonyl (C=O) groups excluding carboxylic acids is 1. The highest BCUT2D eigenvalue weighted by Crippen LogP contribution is 2.34. The maximum atomic E-state index is 12.2. The van der Waals surface area contributed by atoms with Crippen molar-refractivity contribution in [2.24, 2.45) is 0 Å². The lowest BCUT2D eigenvalue weighted by Gasteiger charge is -2.32. The SMILES string of the molecule is COc1ccc2c(c1)CN(Cc1ccccc1Cl)CC[C@H]1COC(=O)N21. The molecule has 4 rings (SSSR count). The van der Waals surface area contributed by atoms with Crippen molar-refractivity contribution in [1.29, 1.82) is 0 Å². The maximum absolute atomic E-state index is 12.2. The van der Waals surface area contributed by atoms with E-state index in [1.165, 1.54) is 0 Å². The molecule has 2 aliphatic rings. The second-order valence-corrected chi connectivity index (χ2v) is 7.09. The third kappa shape index (κ3) is 3.24. The normalized spacial score (nSPS) is 20.0. The van der Waals surface area contributed by atoms with E-state index in [0.717, 1.165) is 47.1 Å². The molecule has 0 unspecified atom stereocenters. The molecular formula is C20H21ClN2O3. The lowest BCUT2D eigenvalue weighted by molar-refractivity contribution is 0.177. The smallest absolute Gasteiger partial charge is 0.414 e. The summed E-state index contributed by atoms with van der Waals surface area (Å²) < 4.78 is 10.7. The summed E-state index contributed by atoms with van der Waals surface area (Å²) in [6.45, 7) is 2.77. The number of amides is 1. The number of ether oxygens (including phenoxy) is 2. The molecule has 0 bridgehead atoms. The van der Waals surface area contributed by atoms with Gasteiger partial charge in [0.2, 0.25) is 0 Å². The molecule has 1 saturated heterocycles. The molecule has 6 heteroatoms. The van der Waals surface area contributed by atoms with Crippen LogP contribution in [0.5, 0.6) is 5.75 Å². The topological polar surface area (TPSA) is 42.0 Å². The number of hydrogen-bond donors (Lipinski definition) is 0. The minimum atomic E-state index is -0.263. The number of methoxy groups -OCH3 is 1. The van der Waals surface area contributed by atoms with Crippen LogP contribution >= 0.6 is 11.6 Å². The lowest BCUT2D eigenvalue weighted by atomic mass is 10.0. The molecule has 0 aliphatic carbocycles. The van der Waals surface area contributed by atoms with Gasteiger partial charge in [0.25, 0.3) is 0 Å². The zero-order valence-corrected chi connectivity index (χ0v) is 15.4. The average molecular weight is 373 g/mol. The fourth-order valence-electron chi connectivity index (χ4n) is 3.67. The molecule has 0 radical (unpaired) electrons. The predicted octanol–water partition coefficient (Wildman–Crippen LogP) is 4.08. The Morgan fingerprint density at radius 3 is 2.92 bits per heavy atom. The fraction of sp³-hybridized carbons (Fsp3) is 0.350. The Labute approximate surface area is 158 Å². The Balaban J connectivity index is 1.68. The maximum Gasteiger partial charge on any atom is 0.414 e. The molecular weight excluding hydrogens is 352 g/mol. The van der Waals surface area contributed by atoms with Crippen molar-refractivity contribution >= 4 is 23.4 Å². The molecule has 2 heterocycles. The number of rotatable bonds is 3. The van der Waals surface area contributed by atoms with Gasteiger partial charge in [-0.3, -0.25) is 9.80 Å². The summed E-state index contributed by atoms with van der Waals surface area (Å²) >= 11 is 6.35. The van der Waals surface area contributed by atoms with Crippen LogP contribution in [0.4, 0.5) is 10.5 Å². The predicted molar refractivity (Wildman–Crippen MR) is 101 cm³/mol. The highest BCUT2D eigenvalue weighted by atomic mass is 35.5. The van der Waals surface area contributed by atoms with E-state index in [2.05, 4.69) is 11.0 Å². The number of anilines is 1. The largest absolute Gasteiger partial charge is 0.497 e. The van der Waals surface area contributed by atoms with Crippen LogP contribution in [0, 0.1) is 0 Å². The van der Waals surface area contributed by atoms with Gasteiger partial charge in [0.05, 0.1) is 18.8 Å². The summed E-state index contributed by atoms with van der Waals surface area (Å²) in [7, 11) is 1.65. The van der Waals surface area contributed by atoms with Crippen molar-refractivity contribution in [2.45, 2.75) is 25.6 Å². The van der Waals surface area contributed by atoms with Crippen LogP contribution in [0.15, 0.2) is 42.5 Å². The summed E-state index contributed by atoms with van der Waals surface area (Å²) in [6.07, 6.45) is 0.600. The van der Waals surface area contributed by atoms with Crippen LogP contribution in [0.2, 0.25) is 5.02 Å². The van der Waals surface area contributed by atoms with E-state index >= 15 is 0 Å². The molecule has 26 heavy (non-hydrogen) atoms. The van der Waals surface area contributed by atoms with Gasteiger partial charge in [-0.05, 0) is 41.8 Å². The minimum Gasteiger partial charge on any atom is -0.497 e. The van der Waals surface area contributed by atoms with Gasteiger partial charge in [0.1, 0.15) is 12.4 Å². The first-order valence-corrected chi connectivity index (χ1v) is 9.12. The lowest BCUT2D eigenvalue weighted by Crippen LogP contribution is -2.40. The van der Waals surface area contributed by atoms with E-state index in [-0.39, 0.29) is 12.1 Å². The minimum absolute atomic E-state index is 0.0590. The average Bonchev–Trinajstić information content (AvgIpc) is 2.99. The van der Waals surface area contributed by atoms with Gasteiger partial charge >= 0.3 is 6.09 Å². The standard InChI is InChI=1S/C20H21ClN2O3/c1-25-17-6-7-19-15(10-17)12-22(11-14-4-2-3-5-18(14)21)9-8-16-13-26-20(24)23(16)19/h2-7,10,16H,8-9,11-13H2,1H3/t16-/m0/s1. The van der Waals surface area contributed by atoms with Crippen LogP contribution in [-0.4, -0.2) is 37.3 Å². The third-order valence-corrected chi connectivity index (χ3v) is 5.40. The van der Waals surface area contributed by atoms with Crippen molar-refractivity contribution in [2.75, 3.05) is 25.2 Å². The molecule has 2 aliphatic heterocycles. The van der Waals surface area contributed by atoms with Crippen molar-refractivity contribution < 1.29 is 14.3 Å². The molecule has 0 spiro atoms. The second-order valence-electron chi connectivity index (χ2n) is 6.69. The Morgan fingerprint density at radius 2 is 2.12 bits per heavy atom. The van der Waals surface area contributed by atoms with E-state index in [0.29, 0.717) is 13.2 Å². The van der Waals surface area contributed by atoms with Gasteiger partial charge in [-0.2, -0.15) is 0 Å². The summed E-state index contributed by atoms with van der Waals surface area (Å²) in [5, 5.41) is 0.779. The summed E-state index contributed by atoms with van der Waals surface area (Å²) in [5.41, 5.74) is 3.07. The van der Waals surface area contributed by atoms with Crippen LogP contribution < -0.4 is 9.64 Å². The number of halogens is 1. The first-order chi connectivity index (χ1) is 12.7. The molecule has 2 aromatic rings. The molecule has 1 amide bonds. The highest BCUT2D eigenvalue weighted by Gasteiger charge is 2.37.